The monoisotopic (exact) mass is 395 g/mol. The molecule has 0 aromatic heterocycles. The van der Waals surface area contributed by atoms with Gasteiger partial charge in [0.1, 0.15) is 0 Å². The second-order valence-electron chi connectivity index (χ2n) is 7.15. The highest BCUT2D eigenvalue weighted by molar-refractivity contribution is 5.96. The number of piperazine rings is 1. The fraction of sp³-hybridized carbons (Fsp3) is 0.364. The minimum atomic E-state index is -0.0454. The van der Waals surface area contributed by atoms with E-state index in [-0.39, 0.29) is 11.8 Å². The van der Waals surface area contributed by atoms with Gasteiger partial charge in [-0.2, -0.15) is 0 Å². The van der Waals surface area contributed by atoms with Crippen LogP contribution in [0.5, 0.6) is 11.5 Å². The number of hydrogen-bond acceptors (Lipinski definition) is 5. The quantitative estimate of drug-likeness (QED) is 0.795. The summed E-state index contributed by atoms with van der Waals surface area (Å²) in [6.45, 7) is 2.33. The van der Waals surface area contributed by atoms with E-state index in [2.05, 4.69) is 11.1 Å². The first-order valence-corrected chi connectivity index (χ1v) is 9.79. The molecule has 0 saturated carbocycles. The van der Waals surface area contributed by atoms with Gasteiger partial charge in [0.2, 0.25) is 5.91 Å². The maximum absolute atomic E-state index is 12.9. The Balaban J connectivity index is 1.46. The van der Waals surface area contributed by atoms with Crippen molar-refractivity contribution in [3.8, 4) is 11.5 Å². The molecule has 4 rings (SSSR count). The van der Waals surface area contributed by atoms with Gasteiger partial charge in [-0.15, -0.1) is 0 Å². The number of para-hydroxylation sites is 1. The van der Waals surface area contributed by atoms with Gasteiger partial charge in [0.15, 0.2) is 11.5 Å². The summed E-state index contributed by atoms with van der Waals surface area (Å²) in [7, 11) is 3.12. The first kappa shape index (κ1) is 19.3. The molecule has 0 N–H and O–H groups in total. The minimum absolute atomic E-state index is 0.0454. The minimum Gasteiger partial charge on any atom is -0.493 e. The number of carbonyl (C=O) groups excluding carboxylic acids is 2. The highest BCUT2D eigenvalue weighted by atomic mass is 16.5. The van der Waals surface area contributed by atoms with Crippen LogP contribution in [0.15, 0.2) is 42.5 Å². The molecule has 2 aromatic rings. The van der Waals surface area contributed by atoms with Gasteiger partial charge in [0, 0.05) is 38.2 Å². The van der Waals surface area contributed by atoms with E-state index in [1.165, 1.54) is 5.56 Å². The molecule has 29 heavy (non-hydrogen) atoms. The number of rotatable bonds is 4. The first-order valence-electron chi connectivity index (χ1n) is 9.79. The number of ether oxygens (including phenoxy) is 2. The van der Waals surface area contributed by atoms with Gasteiger partial charge in [-0.25, -0.2) is 10.0 Å². The molecular formula is C22H25N3O4. The lowest BCUT2D eigenvalue weighted by Crippen LogP contribution is -2.57. The molecule has 2 aliphatic heterocycles. The van der Waals surface area contributed by atoms with E-state index in [9.17, 15) is 9.59 Å². The van der Waals surface area contributed by atoms with Crippen LogP contribution in [0.25, 0.3) is 0 Å². The van der Waals surface area contributed by atoms with Gasteiger partial charge in [-0.3, -0.25) is 9.59 Å². The van der Waals surface area contributed by atoms with Crippen molar-refractivity contribution in [2.75, 3.05) is 45.4 Å². The Morgan fingerprint density at radius 3 is 2.34 bits per heavy atom. The van der Waals surface area contributed by atoms with Gasteiger partial charge in [0.05, 0.1) is 19.9 Å². The van der Waals surface area contributed by atoms with Crippen LogP contribution in [0.3, 0.4) is 0 Å². The zero-order valence-electron chi connectivity index (χ0n) is 16.8. The Morgan fingerprint density at radius 1 is 0.897 bits per heavy atom. The van der Waals surface area contributed by atoms with Crippen LogP contribution >= 0.6 is 0 Å². The summed E-state index contributed by atoms with van der Waals surface area (Å²) >= 11 is 0. The summed E-state index contributed by atoms with van der Waals surface area (Å²) in [5.41, 5.74) is 2.72. The Kier molecular flexibility index (Phi) is 5.40. The van der Waals surface area contributed by atoms with Crippen LogP contribution in [-0.2, 0) is 11.2 Å². The van der Waals surface area contributed by atoms with Crippen molar-refractivity contribution in [2.45, 2.75) is 12.8 Å². The van der Waals surface area contributed by atoms with Gasteiger partial charge in [-0.1, -0.05) is 18.2 Å². The Morgan fingerprint density at radius 2 is 1.62 bits per heavy atom. The van der Waals surface area contributed by atoms with Crippen molar-refractivity contribution in [3.63, 3.8) is 0 Å². The number of hydrazine groups is 1. The average Bonchev–Trinajstić information content (AvgIpc) is 2.78. The van der Waals surface area contributed by atoms with Gasteiger partial charge < -0.3 is 14.4 Å². The highest BCUT2D eigenvalue weighted by Gasteiger charge is 2.32. The number of fused-ring (bicyclic) bond motifs is 1. The Bertz CT molecular complexity index is 922. The molecule has 0 unspecified atom stereocenters. The predicted molar refractivity (Wildman–Crippen MR) is 109 cm³/mol. The molecule has 1 saturated heterocycles. The molecule has 2 aromatic carbocycles. The standard InChI is InChI=1S/C22H25N3O4/c1-28-19-9-7-17(15-20(19)29-2)22(27)23-11-13-24(14-12-23)25-18-6-4-3-5-16(18)8-10-21(25)26/h3-7,9,15H,8,10-14H2,1-2H3. The second kappa shape index (κ2) is 8.13. The van der Waals surface area contributed by atoms with Crippen molar-refractivity contribution in [2.24, 2.45) is 0 Å². The van der Waals surface area contributed by atoms with E-state index in [0.717, 1.165) is 12.1 Å². The van der Waals surface area contributed by atoms with E-state index in [0.29, 0.717) is 49.7 Å². The molecule has 7 nitrogen and oxygen atoms in total. The molecule has 0 spiro atoms. The molecule has 0 aliphatic carbocycles. The van der Waals surface area contributed by atoms with Crippen molar-refractivity contribution >= 4 is 17.5 Å². The number of nitrogens with zero attached hydrogens (tertiary/aromatic N) is 3. The molecule has 0 atom stereocenters. The lowest BCUT2D eigenvalue weighted by atomic mass is 10.0. The smallest absolute Gasteiger partial charge is 0.254 e. The number of anilines is 1. The van der Waals surface area contributed by atoms with Crippen LogP contribution in [0.4, 0.5) is 5.69 Å². The number of amides is 2. The molecule has 1 fully saturated rings. The zero-order valence-corrected chi connectivity index (χ0v) is 16.8. The van der Waals surface area contributed by atoms with Crippen molar-refractivity contribution in [3.05, 3.63) is 53.6 Å². The lowest BCUT2D eigenvalue weighted by molar-refractivity contribution is -0.122. The topological polar surface area (TPSA) is 62.3 Å². The van der Waals surface area contributed by atoms with E-state index in [1.54, 1.807) is 37.4 Å². The number of carbonyl (C=O) groups is 2. The normalized spacial score (nSPS) is 17.1. The number of methoxy groups -OCH3 is 2. The summed E-state index contributed by atoms with van der Waals surface area (Å²) in [6, 6.07) is 13.2. The third-order valence-corrected chi connectivity index (χ3v) is 5.52. The van der Waals surface area contributed by atoms with Crippen LogP contribution in [0.1, 0.15) is 22.3 Å². The molecule has 7 heteroatoms. The van der Waals surface area contributed by atoms with Crippen LogP contribution < -0.4 is 14.5 Å². The second-order valence-corrected chi connectivity index (χ2v) is 7.15. The van der Waals surface area contributed by atoms with Gasteiger partial charge in [-0.05, 0) is 36.2 Å². The Labute approximate surface area is 170 Å². The fourth-order valence-corrected chi connectivity index (χ4v) is 3.97. The number of hydrogen-bond donors (Lipinski definition) is 0. The SMILES string of the molecule is COc1ccc(C(=O)N2CCN(N3C(=O)CCc4ccccc43)CC2)cc1OC. The summed E-state index contributed by atoms with van der Waals surface area (Å²) < 4.78 is 10.6. The highest BCUT2D eigenvalue weighted by Crippen LogP contribution is 2.30. The maximum Gasteiger partial charge on any atom is 0.254 e. The summed E-state index contributed by atoms with van der Waals surface area (Å²) in [5, 5.41) is 3.86. The predicted octanol–water partition coefficient (Wildman–Crippen LogP) is 2.36. The van der Waals surface area contributed by atoms with Gasteiger partial charge >= 0.3 is 0 Å². The zero-order chi connectivity index (χ0) is 20.4. The van der Waals surface area contributed by atoms with E-state index in [1.807, 2.05) is 23.1 Å². The maximum atomic E-state index is 12.9. The molecule has 0 radical (unpaired) electrons. The molecule has 2 aliphatic rings. The van der Waals surface area contributed by atoms with Gasteiger partial charge in [0.25, 0.3) is 5.91 Å². The van der Waals surface area contributed by atoms with Crippen molar-refractivity contribution in [1.82, 2.24) is 9.91 Å². The van der Waals surface area contributed by atoms with E-state index >= 15 is 0 Å². The van der Waals surface area contributed by atoms with Crippen molar-refractivity contribution < 1.29 is 19.1 Å². The third-order valence-electron chi connectivity index (χ3n) is 5.52. The molecule has 2 amide bonds. The largest absolute Gasteiger partial charge is 0.493 e. The van der Waals surface area contributed by atoms with Crippen LogP contribution in [0.2, 0.25) is 0 Å². The fourth-order valence-electron chi connectivity index (χ4n) is 3.97. The Hall–Kier alpha value is -3.06. The lowest BCUT2D eigenvalue weighted by Gasteiger charge is -2.43. The molecular weight excluding hydrogens is 370 g/mol. The average molecular weight is 395 g/mol. The summed E-state index contributed by atoms with van der Waals surface area (Å²) in [5.74, 6) is 1.20. The van der Waals surface area contributed by atoms with Crippen LogP contribution in [0, 0.1) is 0 Å². The summed E-state index contributed by atoms with van der Waals surface area (Å²) in [4.78, 5) is 27.4. The first-order chi connectivity index (χ1) is 14.1. The number of benzene rings is 2. The van der Waals surface area contributed by atoms with E-state index < -0.39 is 0 Å². The van der Waals surface area contributed by atoms with Crippen LogP contribution in [-0.4, -0.2) is 62.1 Å². The molecule has 152 valence electrons. The molecule has 0 bridgehead atoms. The summed E-state index contributed by atoms with van der Waals surface area (Å²) in [6.07, 6.45) is 1.30. The molecule has 2 heterocycles. The number of aryl methyl sites for hydroxylation is 1. The van der Waals surface area contributed by atoms with E-state index in [4.69, 9.17) is 9.47 Å². The van der Waals surface area contributed by atoms with Crippen molar-refractivity contribution in [1.29, 1.82) is 0 Å². The third kappa shape index (κ3) is 3.65.